The molecule has 0 amide bonds. The second kappa shape index (κ2) is 4.54. The number of benzene rings is 3. The van der Waals surface area contributed by atoms with Crippen molar-refractivity contribution in [2.24, 2.45) is 0 Å². The summed E-state index contributed by atoms with van der Waals surface area (Å²) in [5.41, 5.74) is 7.33. The zero-order valence-corrected chi connectivity index (χ0v) is 13.5. The lowest BCUT2D eigenvalue weighted by Gasteiger charge is -2.12. The minimum absolute atomic E-state index is 0.260. The summed E-state index contributed by atoms with van der Waals surface area (Å²) in [6, 6.07) is 12.4. The summed E-state index contributed by atoms with van der Waals surface area (Å²) in [6.07, 6.45) is 3.48. The number of hydrogen-bond donors (Lipinski definition) is 1. The van der Waals surface area contributed by atoms with E-state index < -0.39 is 0 Å². The number of phenols is 1. The van der Waals surface area contributed by atoms with Gasteiger partial charge in [0.05, 0.1) is 11.0 Å². The predicted octanol–water partition coefficient (Wildman–Crippen LogP) is 5.26. The Kier molecular flexibility index (Phi) is 2.55. The SMILES string of the molecule is CC(C)c1cc2c(cc1O)-c1cccc3cc4nccnc4c-2c13. The van der Waals surface area contributed by atoms with Crippen LogP contribution < -0.4 is 0 Å². The van der Waals surface area contributed by atoms with Crippen molar-refractivity contribution < 1.29 is 5.11 Å². The monoisotopic (exact) mass is 312 g/mol. The van der Waals surface area contributed by atoms with Crippen molar-refractivity contribution >= 4 is 21.8 Å². The Labute approximate surface area is 139 Å². The first-order valence-electron chi connectivity index (χ1n) is 8.19. The van der Waals surface area contributed by atoms with Gasteiger partial charge in [-0.25, -0.2) is 0 Å². The molecule has 0 bridgehead atoms. The number of fused-ring (bicyclic) bond motifs is 5. The van der Waals surface area contributed by atoms with E-state index in [4.69, 9.17) is 0 Å². The summed E-state index contributed by atoms with van der Waals surface area (Å²) in [7, 11) is 0. The summed E-state index contributed by atoms with van der Waals surface area (Å²) in [5.74, 6) is 0.625. The molecule has 0 saturated heterocycles. The molecule has 5 rings (SSSR count). The highest BCUT2D eigenvalue weighted by atomic mass is 16.3. The second-order valence-electron chi connectivity index (χ2n) is 6.69. The van der Waals surface area contributed by atoms with Gasteiger partial charge in [-0.05, 0) is 57.1 Å². The first kappa shape index (κ1) is 13.5. The minimum Gasteiger partial charge on any atom is -0.508 e. The van der Waals surface area contributed by atoms with Crippen LogP contribution in [0.15, 0.2) is 48.8 Å². The van der Waals surface area contributed by atoms with Gasteiger partial charge in [0, 0.05) is 18.0 Å². The van der Waals surface area contributed by atoms with Gasteiger partial charge < -0.3 is 5.11 Å². The van der Waals surface area contributed by atoms with Crippen molar-refractivity contribution in [3.05, 3.63) is 54.4 Å². The molecule has 0 aliphatic heterocycles. The number of aromatic hydroxyl groups is 1. The zero-order valence-electron chi connectivity index (χ0n) is 13.5. The maximum Gasteiger partial charge on any atom is 0.119 e. The van der Waals surface area contributed by atoms with Gasteiger partial charge in [0.1, 0.15) is 5.75 Å². The van der Waals surface area contributed by atoms with E-state index in [0.29, 0.717) is 5.75 Å². The van der Waals surface area contributed by atoms with Crippen LogP contribution in [-0.4, -0.2) is 15.1 Å². The standard InChI is InChI=1S/C21H16N2O/c1-11(2)14-9-16-15(10-18(14)24)13-5-3-4-12-8-17-21(20(16)19(12)13)23-7-6-22-17/h3-11,24H,1-2H3. The van der Waals surface area contributed by atoms with Crippen LogP contribution in [0, 0.1) is 0 Å². The van der Waals surface area contributed by atoms with Crippen molar-refractivity contribution in [3.8, 4) is 28.0 Å². The molecule has 0 atom stereocenters. The Morgan fingerprint density at radius 2 is 1.75 bits per heavy atom. The van der Waals surface area contributed by atoms with Crippen LogP contribution in [0.1, 0.15) is 25.3 Å². The van der Waals surface area contributed by atoms with Crippen molar-refractivity contribution in [2.75, 3.05) is 0 Å². The maximum absolute atomic E-state index is 10.5. The van der Waals surface area contributed by atoms with E-state index in [1.165, 1.54) is 5.39 Å². The van der Waals surface area contributed by atoms with Gasteiger partial charge in [0.2, 0.25) is 0 Å². The molecular weight excluding hydrogens is 296 g/mol. The fraction of sp³-hybridized carbons (Fsp3) is 0.143. The second-order valence-corrected chi connectivity index (χ2v) is 6.69. The van der Waals surface area contributed by atoms with Crippen molar-refractivity contribution in [1.29, 1.82) is 0 Å². The molecule has 0 radical (unpaired) electrons. The van der Waals surface area contributed by atoms with Crippen LogP contribution >= 0.6 is 0 Å². The Balaban J connectivity index is 2.02. The Hall–Kier alpha value is -2.94. The van der Waals surface area contributed by atoms with Gasteiger partial charge in [0.25, 0.3) is 0 Å². The van der Waals surface area contributed by atoms with E-state index in [2.05, 4.69) is 54.1 Å². The molecule has 1 N–H and O–H groups in total. The maximum atomic E-state index is 10.5. The summed E-state index contributed by atoms with van der Waals surface area (Å²) in [4.78, 5) is 9.11. The molecule has 24 heavy (non-hydrogen) atoms. The van der Waals surface area contributed by atoms with Crippen LogP contribution in [0.2, 0.25) is 0 Å². The van der Waals surface area contributed by atoms with Crippen LogP contribution in [0.25, 0.3) is 44.1 Å². The fourth-order valence-electron chi connectivity index (χ4n) is 3.87. The number of rotatable bonds is 1. The highest BCUT2D eigenvalue weighted by Crippen LogP contribution is 2.51. The molecule has 1 heterocycles. The molecule has 116 valence electrons. The molecule has 0 spiro atoms. The van der Waals surface area contributed by atoms with E-state index in [0.717, 1.165) is 44.2 Å². The number of nitrogens with zero attached hydrogens (tertiary/aromatic N) is 2. The Bertz CT molecular complexity index is 1150. The molecule has 0 unspecified atom stereocenters. The average molecular weight is 312 g/mol. The van der Waals surface area contributed by atoms with Gasteiger partial charge in [-0.15, -0.1) is 0 Å². The molecule has 1 aliphatic carbocycles. The third kappa shape index (κ3) is 1.61. The molecule has 4 aromatic rings. The third-order valence-corrected chi connectivity index (χ3v) is 4.95. The smallest absolute Gasteiger partial charge is 0.119 e. The van der Waals surface area contributed by atoms with E-state index >= 15 is 0 Å². The van der Waals surface area contributed by atoms with Crippen LogP contribution in [-0.2, 0) is 0 Å². The summed E-state index contributed by atoms with van der Waals surface area (Å²) in [5, 5.41) is 12.8. The molecular formula is C21H16N2O. The van der Waals surface area contributed by atoms with Crippen LogP contribution in [0.3, 0.4) is 0 Å². The van der Waals surface area contributed by atoms with Crippen LogP contribution in [0.5, 0.6) is 5.75 Å². The highest BCUT2D eigenvalue weighted by molar-refractivity contribution is 6.22. The number of phenolic OH excluding ortho intramolecular Hbond substituents is 1. The lowest BCUT2D eigenvalue weighted by Crippen LogP contribution is -1.91. The predicted molar refractivity (Wildman–Crippen MR) is 97.2 cm³/mol. The molecule has 1 aromatic heterocycles. The molecule has 0 saturated carbocycles. The van der Waals surface area contributed by atoms with Crippen molar-refractivity contribution in [2.45, 2.75) is 19.8 Å². The molecule has 1 aliphatic rings. The summed E-state index contributed by atoms with van der Waals surface area (Å²) < 4.78 is 0. The highest BCUT2D eigenvalue weighted by Gasteiger charge is 2.26. The van der Waals surface area contributed by atoms with Crippen molar-refractivity contribution in [1.82, 2.24) is 9.97 Å². The fourth-order valence-corrected chi connectivity index (χ4v) is 3.87. The first-order valence-corrected chi connectivity index (χ1v) is 8.19. The normalized spacial score (nSPS) is 12.3. The van der Waals surface area contributed by atoms with E-state index in [-0.39, 0.29) is 5.92 Å². The number of hydrogen-bond acceptors (Lipinski definition) is 3. The van der Waals surface area contributed by atoms with Gasteiger partial charge in [-0.3, -0.25) is 9.97 Å². The third-order valence-electron chi connectivity index (χ3n) is 4.95. The van der Waals surface area contributed by atoms with Gasteiger partial charge in [0.15, 0.2) is 0 Å². The molecule has 3 heteroatoms. The topological polar surface area (TPSA) is 46.0 Å². The summed E-state index contributed by atoms with van der Waals surface area (Å²) >= 11 is 0. The van der Waals surface area contributed by atoms with E-state index in [1.807, 2.05) is 6.07 Å². The Morgan fingerprint density at radius 1 is 0.917 bits per heavy atom. The number of aromatic nitrogens is 2. The quantitative estimate of drug-likeness (QED) is 0.429. The molecule has 0 fully saturated rings. The van der Waals surface area contributed by atoms with Crippen molar-refractivity contribution in [3.63, 3.8) is 0 Å². The lowest BCUT2D eigenvalue weighted by atomic mass is 9.94. The van der Waals surface area contributed by atoms with Gasteiger partial charge in [-0.1, -0.05) is 32.0 Å². The Morgan fingerprint density at radius 3 is 2.58 bits per heavy atom. The zero-order chi connectivity index (χ0) is 16.4. The first-order chi connectivity index (χ1) is 11.6. The van der Waals surface area contributed by atoms with Gasteiger partial charge >= 0.3 is 0 Å². The molecule has 3 nitrogen and oxygen atoms in total. The minimum atomic E-state index is 0.260. The average Bonchev–Trinajstić information content (AvgIpc) is 2.90. The summed E-state index contributed by atoms with van der Waals surface area (Å²) in [6.45, 7) is 4.20. The van der Waals surface area contributed by atoms with E-state index in [9.17, 15) is 5.11 Å². The molecule has 3 aromatic carbocycles. The lowest BCUT2D eigenvalue weighted by molar-refractivity contribution is 0.465. The van der Waals surface area contributed by atoms with Gasteiger partial charge in [-0.2, -0.15) is 0 Å². The van der Waals surface area contributed by atoms with Crippen LogP contribution in [0.4, 0.5) is 0 Å². The van der Waals surface area contributed by atoms with E-state index in [1.54, 1.807) is 12.4 Å². The largest absolute Gasteiger partial charge is 0.508 e.